The molecule has 0 saturated heterocycles. The molecule has 0 aliphatic heterocycles. The summed E-state index contributed by atoms with van der Waals surface area (Å²) >= 11 is 0. The number of nitrogens with one attached hydrogen (secondary N) is 1. The van der Waals surface area contributed by atoms with Crippen LogP contribution in [0.1, 0.15) is 24.8 Å². The van der Waals surface area contributed by atoms with E-state index in [4.69, 9.17) is 10.9 Å². The second kappa shape index (κ2) is 5.53. The van der Waals surface area contributed by atoms with Crippen molar-refractivity contribution in [2.24, 2.45) is 16.8 Å². The van der Waals surface area contributed by atoms with E-state index in [1.807, 2.05) is 24.3 Å². The minimum atomic E-state index is 0.0710. The van der Waals surface area contributed by atoms with Crippen molar-refractivity contribution in [2.75, 3.05) is 5.32 Å². The van der Waals surface area contributed by atoms with Gasteiger partial charge in [0.05, 0.1) is 0 Å². The molecule has 0 aromatic heterocycles. The minimum absolute atomic E-state index is 0.0710. The lowest BCUT2D eigenvalue weighted by molar-refractivity contribution is -0.116. The van der Waals surface area contributed by atoms with E-state index in [1.165, 1.54) is 12.8 Å². The van der Waals surface area contributed by atoms with Crippen LogP contribution < -0.4 is 11.1 Å². The van der Waals surface area contributed by atoms with Gasteiger partial charge in [-0.2, -0.15) is 0 Å². The van der Waals surface area contributed by atoms with Gasteiger partial charge < -0.3 is 16.3 Å². The first-order chi connectivity index (χ1) is 8.67. The molecule has 0 unspecified atom stereocenters. The number of hydrogen-bond donors (Lipinski definition) is 3. The average Bonchev–Trinajstić information content (AvgIpc) is 3.15. The highest BCUT2D eigenvalue weighted by Gasteiger charge is 2.24. The van der Waals surface area contributed by atoms with Gasteiger partial charge in [-0.3, -0.25) is 4.79 Å². The zero-order valence-electron chi connectivity index (χ0n) is 10.1. The van der Waals surface area contributed by atoms with E-state index in [2.05, 4.69) is 10.5 Å². The minimum Gasteiger partial charge on any atom is -0.409 e. The topological polar surface area (TPSA) is 87.7 Å². The van der Waals surface area contributed by atoms with Gasteiger partial charge in [-0.15, -0.1) is 0 Å². The molecule has 1 amide bonds. The number of oxime groups is 1. The zero-order chi connectivity index (χ0) is 13.0. The third-order valence-corrected chi connectivity index (χ3v) is 2.92. The van der Waals surface area contributed by atoms with Crippen LogP contribution in [0.15, 0.2) is 29.4 Å². The van der Waals surface area contributed by atoms with E-state index in [0.717, 1.165) is 11.3 Å². The Morgan fingerprint density at radius 3 is 2.61 bits per heavy atom. The molecule has 5 nitrogen and oxygen atoms in total. The SMILES string of the molecule is NC(Cc1ccc(NC(=O)CC2CC2)cc1)=NO. The molecular weight excluding hydrogens is 230 g/mol. The lowest BCUT2D eigenvalue weighted by atomic mass is 10.1. The lowest BCUT2D eigenvalue weighted by Crippen LogP contribution is -2.15. The fraction of sp³-hybridized carbons (Fsp3) is 0.385. The zero-order valence-corrected chi connectivity index (χ0v) is 10.1. The maximum atomic E-state index is 11.6. The molecule has 0 bridgehead atoms. The summed E-state index contributed by atoms with van der Waals surface area (Å²) in [5, 5.41) is 14.2. The summed E-state index contributed by atoms with van der Waals surface area (Å²) in [6.45, 7) is 0. The second-order valence-corrected chi connectivity index (χ2v) is 4.66. The number of hydrogen-bond acceptors (Lipinski definition) is 3. The van der Waals surface area contributed by atoms with Crippen LogP contribution in [0.25, 0.3) is 0 Å². The summed E-state index contributed by atoms with van der Waals surface area (Å²) in [5.41, 5.74) is 7.13. The molecule has 0 heterocycles. The van der Waals surface area contributed by atoms with Gasteiger partial charge in [0.1, 0.15) is 5.84 Å². The number of carbonyl (C=O) groups is 1. The first kappa shape index (κ1) is 12.4. The quantitative estimate of drug-likeness (QED) is 0.320. The summed E-state index contributed by atoms with van der Waals surface area (Å²) in [6, 6.07) is 7.35. The number of amidine groups is 1. The average molecular weight is 247 g/mol. The Kier molecular flexibility index (Phi) is 3.82. The molecule has 0 atom stereocenters. The Balaban J connectivity index is 1.88. The van der Waals surface area contributed by atoms with Crippen LogP contribution in [-0.4, -0.2) is 17.0 Å². The molecule has 2 rings (SSSR count). The van der Waals surface area contributed by atoms with E-state index in [-0.39, 0.29) is 11.7 Å². The number of carbonyl (C=O) groups excluding carboxylic acids is 1. The highest BCUT2D eigenvalue weighted by atomic mass is 16.4. The predicted octanol–water partition coefficient (Wildman–Crippen LogP) is 1.71. The third kappa shape index (κ3) is 3.76. The monoisotopic (exact) mass is 247 g/mol. The Labute approximate surface area is 106 Å². The van der Waals surface area contributed by atoms with E-state index in [0.29, 0.717) is 18.8 Å². The Morgan fingerprint density at radius 2 is 2.06 bits per heavy atom. The first-order valence-corrected chi connectivity index (χ1v) is 6.02. The van der Waals surface area contributed by atoms with Gasteiger partial charge in [0.15, 0.2) is 0 Å². The molecule has 18 heavy (non-hydrogen) atoms. The summed E-state index contributed by atoms with van der Waals surface area (Å²) in [5.74, 6) is 0.826. The van der Waals surface area contributed by atoms with Crippen molar-refractivity contribution in [3.63, 3.8) is 0 Å². The molecule has 0 spiro atoms. The van der Waals surface area contributed by atoms with Crippen molar-refractivity contribution in [1.29, 1.82) is 0 Å². The molecule has 96 valence electrons. The van der Waals surface area contributed by atoms with Crippen molar-refractivity contribution < 1.29 is 10.0 Å². The van der Waals surface area contributed by atoms with Crippen LogP contribution in [0.4, 0.5) is 5.69 Å². The van der Waals surface area contributed by atoms with E-state index in [1.54, 1.807) is 0 Å². The molecular formula is C13H17N3O2. The van der Waals surface area contributed by atoms with Gasteiger partial charge in [0.25, 0.3) is 0 Å². The Morgan fingerprint density at radius 1 is 1.39 bits per heavy atom. The number of amides is 1. The van der Waals surface area contributed by atoms with Crippen molar-refractivity contribution in [3.8, 4) is 0 Å². The molecule has 1 saturated carbocycles. The molecule has 4 N–H and O–H groups in total. The number of anilines is 1. The summed E-state index contributed by atoms with van der Waals surface area (Å²) in [4.78, 5) is 11.6. The van der Waals surface area contributed by atoms with Crippen LogP contribution >= 0.6 is 0 Å². The molecule has 0 radical (unpaired) electrons. The predicted molar refractivity (Wildman–Crippen MR) is 69.5 cm³/mol. The highest BCUT2D eigenvalue weighted by molar-refractivity contribution is 5.91. The van der Waals surface area contributed by atoms with Crippen molar-refractivity contribution in [1.82, 2.24) is 0 Å². The number of nitrogens with two attached hydrogens (primary N) is 1. The fourth-order valence-corrected chi connectivity index (χ4v) is 1.75. The van der Waals surface area contributed by atoms with E-state index in [9.17, 15) is 4.79 Å². The normalized spacial score (nSPS) is 15.4. The summed E-state index contributed by atoms with van der Waals surface area (Å²) in [7, 11) is 0. The molecule has 1 aromatic carbocycles. The van der Waals surface area contributed by atoms with Crippen LogP contribution in [-0.2, 0) is 11.2 Å². The van der Waals surface area contributed by atoms with Crippen molar-refractivity contribution in [3.05, 3.63) is 29.8 Å². The highest BCUT2D eigenvalue weighted by Crippen LogP contribution is 2.32. The molecule has 1 aromatic rings. The smallest absolute Gasteiger partial charge is 0.224 e. The lowest BCUT2D eigenvalue weighted by Gasteiger charge is -2.06. The van der Waals surface area contributed by atoms with Crippen molar-refractivity contribution in [2.45, 2.75) is 25.7 Å². The van der Waals surface area contributed by atoms with Gasteiger partial charge in [0, 0.05) is 18.5 Å². The molecule has 1 aliphatic carbocycles. The number of rotatable bonds is 5. The summed E-state index contributed by atoms with van der Waals surface area (Å²) < 4.78 is 0. The standard InChI is InChI=1S/C13H17N3O2/c14-12(16-18)7-9-3-5-11(6-4-9)15-13(17)8-10-1-2-10/h3-6,10,18H,1-2,7-8H2,(H2,14,16)(H,15,17). The van der Waals surface area contributed by atoms with E-state index < -0.39 is 0 Å². The van der Waals surface area contributed by atoms with Crippen LogP contribution in [0.2, 0.25) is 0 Å². The maximum Gasteiger partial charge on any atom is 0.224 e. The van der Waals surface area contributed by atoms with Gasteiger partial charge in [-0.25, -0.2) is 0 Å². The van der Waals surface area contributed by atoms with E-state index >= 15 is 0 Å². The van der Waals surface area contributed by atoms with Gasteiger partial charge in [0.2, 0.25) is 5.91 Å². The molecule has 1 fully saturated rings. The van der Waals surface area contributed by atoms with Crippen LogP contribution in [0, 0.1) is 5.92 Å². The number of benzene rings is 1. The fourth-order valence-electron chi connectivity index (χ4n) is 1.75. The second-order valence-electron chi connectivity index (χ2n) is 4.66. The molecule has 5 heteroatoms. The first-order valence-electron chi connectivity index (χ1n) is 6.02. The largest absolute Gasteiger partial charge is 0.409 e. The Bertz CT molecular complexity index is 450. The molecule has 1 aliphatic rings. The van der Waals surface area contributed by atoms with Crippen molar-refractivity contribution >= 4 is 17.4 Å². The third-order valence-electron chi connectivity index (χ3n) is 2.92. The number of nitrogens with zero attached hydrogens (tertiary/aromatic N) is 1. The van der Waals surface area contributed by atoms with Gasteiger partial charge in [-0.1, -0.05) is 17.3 Å². The van der Waals surface area contributed by atoms with Crippen LogP contribution in [0.5, 0.6) is 0 Å². The van der Waals surface area contributed by atoms with Gasteiger partial charge >= 0.3 is 0 Å². The summed E-state index contributed by atoms with van der Waals surface area (Å²) in [6.07, 6.45) is 3.36. The maximum absolute atomic E-state index is 11.6. The van der Waals surface area contributed by atoms with Gasteiger partial charge in [-0.05, 0) is 36.5 Å². The van der Waals surface area contributed by atoms with Crippen LogP contribution in [0.3, 0.4) is 0 Å². The Hall–Kier alpha value is -2.04.